The number of likely N-dealkylation sites (tertiary alicyclic amines) is 1. The van der Waals surface area contributed by atoms with E-state index in [0.29, 0.717) is 16.6 Å². The summed E-state index contributed by atoms with van der Waals surface area (Å²) in [6.07, 6.45) is 3.10. The summed E-state index contributed by atoms with van der Waals surface area (Å²) >= 11 is 3.28. The summed E-state index contributed by atoms with van der Waals surface area (Å²) in [7, 11) is 0. The number of rotatable bonds is 2. The third-order valence-corrected chi connectivity index (χ3v) is 3.85. The normalized spacial score (nSPS) is 23.1. The topological polar surface area (TPSA) is 70.5 Å². The second-order valence-electron chi connectivity index (χ2n) is 4.49. The van der Waals surface area contributed by atoms with E-state index in [1.54, 1.807) is 23.4 Å². The van der Waals surface area contributed by atoms with Gasteiger partial charge in [-0.05, 0) is 27.9 Å². The SMILES string of the molecule is C[C@@H]1CN(C(=O)c2ccncc2Br)C[C@H]1C(=O)O. The Kier molecular flexibility index (Phi) is 3.65. The number of pyridine rings is 1. The van der Waals surface area contributed by atoms with Crippen molar-refractivity contribution in [1.82, 2.24) is 9.88 Å². The van der Waals surface area contributed by atoms with Crippen molar-refractivity contribution < 1.29 is 14.7 Å². The number of aromatic nitrogens is 1. The molecule has 2 heterocycles. The number of nitrogens with zero attached hydrogens (tertiary/aromatic N) is 2. The van der Waals surface area contributed by atoms with Crippen molar-refractivity contribution in [2.24, 2.45) is 11.8 Å². The maximum Gasteiger partial charge on any atom is 0.308 e. The first-order chi connectivity index (χ1) is 8.50. The van der Waals surface area contributed by atoms with Crippen molar-refractivity contribution in [2.75, 3.05) is 13.1 Å². The van der Waals surface area contributed by atoms with Gasteiger partial charge in [0.25, 0.3) is 5.91 Å². The summed E-state index contributed by atoms with van der Waals surface area (Å²) < 4.78 is 0.626. The van der Waals surface area contributed by atoms with E-state index < -0.39 is 11.9 Å². The first kappa shape index (κ1) is 13.0. The fourth-order valence-corrected chi connectivity index (χ4v) is 2.59. The average molecular weight is 313 g/mol. The molecule has 2 rings (SSSR count). The van der Waals surface area contributed by atoms with Gasteiger partial charge >= 0.3 is 5.97 Å². The van der Waals surface area contributed by atoms with Crippen LogP contribution in [0.4, 0.5) is 0 Å². The number of aliphatic carboxylic acids is 1. The lowest BCUT2D eigenvalue weighted by Crippen LogP contribution is -2.30. The molecule has 0 saturated carbocycles. The number of halogens is 1. The number of carboxylic acids is 1. The van der Waals surface area contributed by atoms with Crippen LogP contribution in [0.25, 0.3) is 0 Å². The lowest BCUT2D eigenvalue weighted by Gasteiger charge is -2.16. The predicted octanol–water partition coefficient (Wildman–Crippen LogP) is 1.64. The minimum Gasteiger partial charge on any atom is -0.481 e. The zero-order chi connectivity index (χ0) is 13.3. The summed E-state index contributed by atoms with van der Waals surface area (Å²) in [4.78, 5) is 28.8. The second-order valence-corrected chi connectivity index (χ2v) is 5.34. The first-order valence-corrected chi connectivity index (χ1v) is 6.41. The maximum absolute atomic E-state index is 12.3. The second kappa shape index (κ2) is 5.06. The molecule has 1 saturated heterocycles. The third kappa shape index (κ3) is 2.38. The van der Waals surface area contributed by atoms with Crippen molar-refractivity contribution in [1.29, 1.82) is 0 Å². The van der Waals surface area contributed by atoms with Gasteiger partial charge in [-0.2, -0.15) is 0 Å². The van der Waals surface area contributed by atoms with E-state index in [1.165, 1.54) is 0 Å². The molecule has 5 nitrogen and oxygen atoms in total. The molecule has 1 aromatic heterocycles. The van der Waals surface area contributed by atoms with E-state index in [9.17, 15) is 9.59 Å². The van der Waals surface area contributed by atoms with Gasteiger partial charge in [0.05, 0.1) is 11.5 Å². The van der Waals surface area contributed by atoms with Crippen LogP contribution in [0.3, 0.4) is 0 Å². The maximum atomic E-state index is 12.3. The molecule has 1 aromatic rings. The van der Waals surface area contributed by atoms with E-state index in [0.717, 1.165) is 0 Å². The van der Waals surface area contributed by atoms with Crippen molar-refractivity contribution in [2.45, 2.75) is 6.92 Å². The molecular weight excluding hydrogens is 300 g/mol. The van der Waals surface area contributed by atoms with Crippen molar-refractivity contribution >= 4 is 27.8 Å². The molecule has 0 radical (unpaired) electrons. The molecule has 0 unspecified atom stereocenters. The molecule has 0 spiro atoms. The molecule has 1 amide bonds. The summed E-state index contributed by atoms with van der Waals surface area (Å²) in [5.74, 6) is -1.49. The molecule has 2 atom stereocenters. The summed E-state index contributed by atoms with van der Waals surface area (Å²) in [5.41, 5.74) is 0.517. The lowest BCUT2D eigenvalue weighted by molar-refractivity contribution is -0.142. The van der Waals surface area contributed by atoms with Crippen LogP contribution in [-0.4, -0.2) is 40.0 Å². The van der Waals surface area contributed by atoms with Crippen molar-refractivity contribution in [3.05, 3.63) is 28.5 Å². The van der Waals surface area contributed by atoms with Gasteiger partial charge in [-0.25, -0.2) is 0 Å². The Balaban J connectivity index is 2.17. The standard InChI is InChI=1S/C12H13BrN2O3/c1-7-5-15(6-9(7)12(17)18)11(16)8-2-3-14-4-10(8)13/h2-4,7,9H,5-6H2,1H3,(H,17,18)/t7-,9-/m1/s1. The zero-order valence-corrected chi connectivity index (χ0v) is 11.4. The Hall–Kier alpha value is -1.43. The monoisotopic (exact) mass is 312 g/mol. The minimum absolute atomic E-state index is 0.0212. The Morgan fingerprint density at radius 3 is 2.78 bits per heavy atom. The Bertz CT molecular complexity index is 492. The predicted molar refractivity (Wildman–Crippen MR) is 68.1 cm³/mol. The average Bonchev–Trinajstić information content (AvgIpc) is 2.71. The van der Waals surface area contributed by atoms with Crippen LogP contribution in [0, 0.1) is 11.8 Å². The zero-order valence-electron chi connectivity index (χ0n) is 9.84. The fraction of sp³-hybridized carbons (Fsp3) is 0.417. The fourth-order valence-electron chi connectivity index (χ4n) is 2.17. The Labute approximate surface area is 113 Å². The number of carbonyl (C=O) groups excluding carboxylic acids is 1. The van der Waals surface area contributed by atoms with Crippen LogP contribution in [0.1, 0.15) is 17.3 Å². The number of hydrogen-bond acceptors (Lipinski definition) is 3. The molecule has 96 valence electrons. The largest absolute Gasteiger partial charge is 0.481 e. The summed E-state index contributed by atoms with van der Waals surface area (Å²) in [6, 6.07) is 1.63. The van der Waals surface area contributed by atoms with E-state index in [2.05, 4.69) is 20.9 Å². The summed E-state index contributed by atoms with van der Waals surface area (Å²) in [6.45, 7) is 2.60. The molecule has 18 heavy (non-hydrogen) atoms. The van der Waals surface area contributed by atoms with E-state index in [1.807, 2.05) is 6.92 Å². The third-order valence-electron chi connectivity index (χ3n) is 3.22. The van der Waals surface area contributed by atoms with Gasteiger partial charge in [0.2, 0.25) is 0 Å². The molecule has 1 N–H and O–H groups in total. The quantitative estimate of drug-likeness (QED) is 0.901. The van der Waals surface area contributed by atoms with E-state index in [-0.39, 0.29) is 18.4 Å². The number of carbonyl (C=O) groups is 2. The number of hydrogen-bond donors (Lipinski definition) is 1. The number of amides is 1. The molecule has 0 bridgehead atoms. The molecule has 6 heteroatoms. The molecule has 1 aliphatic rings. The Morgan fingerprint density at radius 2 is 2.22 bits per heavy atom. The van der Waals surface area contributed by atoms with Gasteiger partial charge in [0.15, 0.2) is 0 Å². The van der Waals surface area contributed by atoms with Crippen LogP contribution in [-0.2, 0) is 4.79 Å². The highest BCUT2D eigenvalue weighted by Crippen LogP contribution is 2.26. The minimum atomic E-state index is -0.841. The van der Waals surface area contributed by atoms with Gasteiger partial charge in [0.1, 0.15) is 0 Å². The highest BCUT2D eigenvalue weighted by atomic mass is 79.9. The van der Waals surface area contributed by atoms with Gasteiger partial charge < -0.3 is 10.0 Å². The molecule has 0 aliphatic carbocycles. The van der Waals surface area contributed by atoms with Gasteiger partial charge in [-0.3, -0.25) is 14.6 Å². The smallest absolute Gasteiger partial charge is 0.308 e. The van der Waals surface area contributed by atoms with E-state index >= 15 is 0 Å². The molecule has 1 aliphatic heterocycles. The Morgan fingerprint density at radius 1 is 1.50 bits per heavy atom. The summed E-state index contributed by atoms with van der Waals surface area (Å²) in [5, 5.41) is 9.05. The van der Waals surface area contributed by atoms with Crippen LogP contribution in [0.5, 0.6) is 0 Å². The highest BCUT2D eigenvalue weighted by molar-refractivity contribution is 9.10. The van der Waals surface area contributed by atoms with Crippen LogP contribution < -0.4 is 0 Å². The van der Waals surface area contributed by atoms with Crippen molar-refractivity contribution in [3.63, 3.8) is 0 Å². The van der Waals surface area contributed by atoms with E-state index in [4.69, 9.17) is 5.11 Å². The van der Waals surface area contributed by atoms with Crippen molar-refractivity contribution in [3.8, 4) is 0 Å². The van der Waals surface area contributed by atoms with Gasteiger partial charge in [-0.15, -0.1) is 0 Å². The van der Waals surface area contributed by atoms with Crippen LogP contribution in [0.2, 0.25) is 0 Å². The van der Waals surface area contributed by atoms with Crippen LogP contribution in [0.15, 0.2) is 22.9 Å². The van der Waals surface area contributed by atoms with Gasteiger partial charge in [-0.1, -0.05) is 6.92 Å². The van der Waals surface area contributed by atoms with Gasteiger partial charge in [0, 0.05) is 30.0 Å². The lowest BCUT2D eigenvalue weighted by atomic mass is 9.99. The molecule has 1 fully saturated rings. The molecule has 0 aromatic carbocycles. The molecular formula is C12H13BrN2O3. The van der Waals surface area contributed by atoms with Crippen LogP contribution >= 0.6 is 15.9 Å². The highest BCUT2D eigenvalue weighted by Gasteiger charge is 2.37. The number of carboxylic acid groups (broad SMARTS) is 1. The first-order valence-electron chi connectivity index (χ1n) is 5.62.